The minimum Gasteiger partial charge on any atom is -0.269 e. The number of halogens is 3. The highest BCUT2D eigenvalue weighted by atomic mass is 19.4. The molecule has 1 aromatic heterocycles. The molecule has 66 valence electrons. The molecule has 0 aromatic carbocycles. The summed E-state index contributed by atoms with van der Waals surface area (Å²) in [6.45, 7) is 1.49. The number of pyridine rings is 1. The number of nitrogens with zero attached hydrogens (tertiary/aromatic N) is 1. The molecule has 0 aliphatic heterocycles. The zero-order chi connectivity index (χ0) is 9.35. The standard InChI is InChI=1S/C7H6F3NO/c1-5-2-3-6(12)11(4-5)7(8,9)10/h2-4H,1H3. The normalized spacial score (nSPS) is 11.7. The summed E-state index contributed by atoms with van der Waals surface area (Å²) in [7, 11) is 0. The van der Waals surface area contributed by atoms with Crippen molar-refractivity contribution in [1.29, 1.82) is 0 Å². The lowest BCUT2D eigenvalue weighted by molar-refractivity contribution is -0.206. The maximum Gasteiger partial charge on any atom is 0.491 e. The van der Waals surface area contributed by atoms with E-state index >= 15 is 0 Å². The largest absolute Gasteiger partial charge is 0.491 e. The summed E-state index contributed by atoms with van der Waals surface area (Å²) in [6, 6.07) is 2.23. The Bertz CT molecular complexity index is 339. The SMILES string of the molecule is Cc1ccc(=O)n(C(F)(F)F)c1. The van der Waals surface area contributed by atoms with Crippen LogP contribution in [0.15, 0.2) is 23.1 Å². The second kappa shape index (κ2) is 2.66. The molecule has 0 fully saturated rings. The molecule has 0 atom stereocenters. The van der Waals surface area contributed by atoms with E-state index in [1.807, 2.05) is 0 Å². The average molecular weight is 177 g/mol. The van der Waals surface area contributed by atoms with Crippen LogP contribution in [-0.4, -0.2) is 4.57 Å². The van der Waals surface area contributed by atoms with Crippen LogP contribution in [-0.2, 0) is 6.30 Å². The van der Waals surface area contributed by atoms with Gasteiger partial charge in [0, 0.05) is 12.3 Å². The monoisotopic (exact) mass is 177 g/mol. The maximum absolute atomic E-state index is 12.0. The Labute approximate surface area is 66.2 Å². The lowest BCUT2D eigenvalue weighted by Gasteiger charge is -2.09. The fraction of sp³-hybridized carbons (Fsp3) is 0.286. The van der Waals surface area contributed by atoms with E-state index in [9.17, 15) is 18.0 Å². The van der Waals surface area contributed by atoms with Gasteiger partial charge in [0.1, 0.15) is 0 Å². The van der Waals surface area contributed by atoms with Gasteiger partial charge in [-0.05, 0) is 12.5 Å². The molecule has 0 aliphatic rings. The van der Waals surface area contributed by atoms with Crippen LogP contribution in [0.2, 0.25) is 0 Å². The summed E-state index contributed by atoms with van der Waals surface area (Å²) in [5, 5.41) is 0. The molecule has 0 spiro atoms. The van der Waals surface area contributed by atoms with Crippen molar-refractivity contribution < 1.29 is 13.2 Å². The Kier molecular flexibility index (Phi) is 1.95. The maximum atomic E-state index is 12.0. The van der Waals surface area contributed by atoms with Crippen molar-refractivity contribution in [1.82, 2.24) is 4.57 Å². The van der Waals surface area contributed by atoms with Gasteiger partial charge in [-0.1, -0.05) is 6.07 Å². The van der Waals surface area contributed by atoms with Crippen molar-refractivity contribution in [3.63, 3.8) is 0 Å². The summed E-state index contributed by atoms with van der Waals surface area (Å²) in [4.78, 5) is 10.7. The van der Waals surface area contributed by atoms with Crippen LogP contribution in [0, 0.1) is 6.92 Å². The van der Waals surface area contributed by atoms with Crippen LogP contribution in [0.1, 0.15) is 5.56 Å². The molecular formula is C7H6F3NO. The average Bonchev–Trinajstić information content (AvgIpc) is 1.92. The Morgan fingerprint density at radius 2 is 1.92 bits per heavy atom. The Morgan fingerprint density at radius 3 is 2.33 bits per heavy atom. The minimum absolute atomic E-state index is 0.248. The van der Waals surface area contributed by atoms with Crippen molar-refractivity contribution >= 4 is 0 Å². The van der Waals surface area contributed by atoms with Gasteiger partial charge in [0.2, 0.25) is 0 Å². The molecule has 0 saturated carbocycles. The van der Waals surface area contributed by atoms with E-state index in [0.29, 0.717) is 5.56 Å². The molecule has 1 rings (SSSR count). The van der Waals surface area contributed by atoms with E-state index in [2.05, 4.69) is 0 Å². The predicted octanol–water partition coefficient (Wildman–Crippen LogP) is 1.63. The Morgan fingerprint density at radius 1 is 1.33 bits per heavy atom. The molecule has 0 unspecified atom stereocenters. The van der Waals surface area contributed by atoms with Crippen LogP contribution in [0.25, 0.3) is 0 Å². The molecule has 2 nitrogen and oxygen atoms in total. The van der Waals surface area contributed by atoms with Gasteiger partial charge in [-0.2, -0.15) is 0 Å². The third-order valence-corrected chi connectivity index (χ3v) is 1.33. The van der Waals surface area contributed by atoms with Gasteiger partial charge in [0.25, 0.3) is 5.56 Å². The smallest absolute Gasteiger partial charge is 0.269 e. The molecular weight excluding hydrogens is 171 g/mol. The van der Waals surface area contributed by atoms with Crippen LogP contribution in [0.3, 0.4) is 0 Å². The van der Waals surface area contributed by atoms with Crippen LogP contribution in [0.5, 0.6) is 0 Å². The first kappa shape index (κ1) is 8.83. The van der Waals surface area contributed by atoms with Gasteiger partial charge < -0.3 is 0 Å². The third-order valence-electron chi connectivity index (χ3n) is 1.33. The van der Waals surface area contributed by atoms with Crippen molar-refractivity contribution in [3.05, 3.63) is 34.2 Å². The van der Waals surface area contributed by atoms with Gasteiger partial charge in [-0.3, -0.25) is 4.79 Å². The summed E-state index contributed by atoms with van der Waals surface area (Å²) in [5.41, 5.74) is -0.667. The minimum atomic E-state index is -4.62. The van der Waals surface area contributed by atoms with Crippen molar-refractivity contribution in [2.75, 3.05) is 0 Å². The van der Waals surface area contributed by atoms with Crippen molar-refractivity contribution in [2.45, 2.75) is 13.2 Å². The predicted molar refractivity (Wildman–Crippen MR) is 36.7 cm³/mol. The highest BCUT2D eigenvalue weighted by Crippen LogP contribution is 2.19. The number of aromatic nitrogens is 1. The highest BCUT2D eigenvalue weighted by Gasteiger charge is 2.31. The van der Waals surface area contributed by atoms with Crippen molar-refractivity contribution in [3.8, 4) is 0 Å². The molecule has 0 aliphatic carbocycles. The van der Waals surface area contributed by atoms with E-state index < -0.39 is 11.9 Å². The second-order valence-corrected chi connectivity index (χ2v) is 2.38. The lowest BCUT2D eigenvalue weighted by atomic mass is 10.3. The molecule has 1 aromatic rings. The van der Waals surface area contributed by atoms with Crippen LogP contribution in [0.4, 0.5) is 13.2 Å². The first-order valence-corrected chi connectivity index (χ1v) is 3.18. The highest BCUT2D eigenvalue weighted by molar-refractivity contribution is 5.07. The number of rotatable bonds is 0. The number of hydrogen-bond acceptors (Lipinski definition) is 1. The fourth-order valence-electron chi connectivity index (χ4n) is 0.791. The number of alkyl halides is 3. The quantitative estimate of drug-likeness (QED) is 0.590. The van der Waals surface area contributed by atoms with Crippen LogP contribution >= 0.6 is 0 Å². The van der Waals surface area contributed by atoms with Gasteiger partial charge >= 0.3 is 6.30 Å². The fourth-order valence-corrected chi connectivity index (χ4v) is 0.791. The number of aryl methyl sites for hydroxylation is 1. The zero-order valence-corrected chi connectivity index (χ0v) is 6.22. The Hall–Kier alpha value is -1.26. The molecule has 1 heterocycles. The summed E-state index contributed by atoms with van der Waals surface area (Å²) < 4.78 is 35.7. The van der Waals surface area contributed by atoms with Gasteiger partial charge in [-0.15, -0.1) is 13.2 Å². The third kappa shape index (κ3) is 1.66. The van der Waals surface area contributed by atoms with E-state index in [1.165, 1.54) is 13.0 Å². The molecule has 0 saturated heterocycles. The van der Waals surface area contributed by atoms with E-state index in [1.54, 1.807) is 0 Å². The van der Waals surface area contributed by atoms with Gasteiger partial charge in [0.05, 0.1) is 0 Å². The summed E-state index contributed by atoms with van der Waals surface area (Å²) >= 11 is 0. The molecule has 0 N–H and O–H groups in total. The Balaban J connectivity index is 3.33. The first-order chi connectivity index (χ1) is 5.41. The molecule has 5 heteroatoms. The molecule has 12 heavy (non-hydrogen) atoms. The second-order valence-electron chi connectivity index (χ2n) is 2.38. The van der Waals surface area contributed by atoms with Gasteiger partial charge in [-0.25, -0.2) is 4.57 Å². The lowest BCUT2D eigenvalue weighted by Crippen LogP contribution is -2.29. The van der Waals surface area contributed by atoms with E-state index in [0.717, 1.165) is 12.3 Å². The van der Waals surface area contributed by atoms with Gasteiger partial charge in [0.15, 0.2) is 0 Å². The van der Waals surface area contributed by atoms with Crippen LogP contribution < -0.4 is 5.56 Å². The zero-order valence-electron chi connectivity index (χ0n) is 6.22. The summed E-state index contributed by atoms with van der Waals surface area (Å²) in [5.74, 6) is 0. The first-order valence-electron chi connectivity index (χ1n) is 3.18. The van der Waals surface area contributed by atoms with E-state index in [4.69, 9.17) is 0 Å². The molecule has 0 bridgehead atoms. The van der Waals surface area contributed by atoms with Crippen molar-refractivity contribution in [2.24, 2.45) is 0 Å². The summed E-state index contributed by atoms with van der Waals surface area (Å²) in [6.07, 6.45) is -3.86. The molecule has 0 radical (unpaired) electrons. The molecule has 0 amide bonds. The number of hydrogen-bond donors (Lipinski definition) is 0. The van der Waals surface area contributed by atoms with E-state index in [-0.39, 0.29) is 4.57 Å². The topological polar surface area (TPSA) is 22.0 Å².